The predicted octanol–water partition coefficient (Wildman–Crippen LogP) is 1.78. The number of rotatable bonds is 6. The summed E-state index contributed by atoms with van der Waals surface area (Å²) in [6.45, 7) is 6.23. The van der Waals surface area contributed by atoms with E-state index in [1.54, 1.807) is 12.1 Å². The molecule has 2 heterocycles. The summed E-state index contributed by atoms with van der Waals surface area (Å²) in [5.74, 6) is -0.187. The summed E-state index contributed by atoms with van der Waals surface area (Å²) >= 11 is 0. The van der Waals surface area contributed by atoms with E-state index in [9.17, 15) is 9.59 Å². The van der Waals surface area contributed by atoms with Crippen LogP contribution < -0.4 is 5.32 Å². The summed E-state index contributed by atoms with van der Waals surface area (Å²) in [6.07, 6.45) is 1.91. The summed E-state index contributed by atoms with van der Waals surface area (Å²) in [5.41, 5.74) is 1.01. The van der Waals surface area contributed by atoms with Crippen LogP contribution in [0.15, 0.2) is 53.1 Å². The summed E-state index contributed by atoms with van der Waals surface area (Å²) in [4.78, 5) is 29.6. The first-order valence-corrected chi connectivity index (χ1v) is 9.07. The van der Waals surface area contributed by atoms with Crippen molar-refractivity contribution >= 4 is 11.8 Å². The number of carbonyl (C=O) groups excluding carboxylic acids is 2. The molecule has 0 spiro atoms. The maximum Gasteiger partial charge on any atom is 0.287 e. The number of nitrogens with zero attached hydrogens (tertiary/aromatic N) is 2. The molecular weight excluding hydrogens is 330 g/mol. The Morgan fingerprint density at radius 1 is 1.08 bits per heavy atom. The van der Waals surface area contributed by atoms with Crippen LogP contribution in [0.25, 0.3) is 0 Å². The van der Waals surface area contributed by atoms with Crippen molar-refractivity contribution in [2.24, 2.45) is 0 Å². The van der Waals surface area contributed by atoms with Crippen LogP contribution in [0.2, 0.25) is 0 Å². The lowest BCUT2D eigenvalue weighted by molar-refractivity contribution is -0.135. The van der Waals surface area contributed by atoms with Crippen LogP contribution in [0.4, 0.5) is 0 Å². The van der Waals surface area contributed by atoms with Crippen molar-refractivity contribution in [1.29, 1.82) is 0 Å². The summed E-state index contributed by atoms with van der Waals surface area (Å²) < 4.78 is 5.16. The van der Waals surface area contributed by atoms with Gasteiger partial charge in [0, 0.05) is 32.6 Å². The Balaban J connectivity index is 1.71. The molecule has 1 aromatic carbocycles. The quantitative estimate of drug-likeness (QED) is 0.858. The molecule has 1 aliphatic rings. The molecule has 138 valence electrons. The smallest absolute Gasteiger partial charge is 0.287 e. The third-order valence-corrected chi connectivity index (χ3v) is 4.76. The van der Waals surface area contributed by atoms with Crippen molar-refractivity contribution in [1.82, 2.24) is 15.1 Å². The van der Waals surface area contributed by atoms with Gasteiger partial charge in [-0.3, -0.25) is 9.59 Å². The molecule has 1 N–H and O–H groups in total. The molecule has 6 nitrogen and oxygen atoms in total. The first kappa shape index (κ1) is 18.2. The van der Waals surface area contributed by atoms with Crippen molar-refractivity contribution in [2.45, 2.75) is 19.4 Å². The number of hydrogen-bond acceptors (Lipinski definition) is 4. The zero-order chi connectivity index (χ0) is 18.4. The lowest BCUT2D eigenvalue weighted by Gasteiger charge is -2.36. The molecule has 1 aliphatic heterocycles. The second-order valence-electron chi connectivity index (χ2n) is 6.45. The lowest BCUT2D eigenvalue weighted by Crippen LogP contribution is -2.55. The molecule has 1 fully saturated rings. The second kappa shape index (κ2) is 8.67. The van der Waals surface area contributed by atoms with E-state index < -0.39 is 6.04 Å². The average molecular weight is 355 g/mol. The van der Waals surface area contributed by atoms with E-state index in [-0.39, 0.29) is 17.6 Å². The molecule has 1 aromatic heterocycles. The van der Waals surface area contributed by atoms with Gasteiger partial charge in [-0.15, -0.1) is 0 Å². The number of furan rings is 1. The third-order valence-electron chi connectivity index (χ3n) is 4.76. The highest BCUT2D eigenvalue weighted by Crippen LogP contribution is 2.10. The van der Waals surface area contributed by atoms with Crippen LogP contribution >= 0.6 is 0 Å². The van der Waals surface area contributed by atoms with Gasteiger partial charge in [-0.2, -0.15) is 0 Å². The number of carbonyl (C=O) groups is 2. The maximum atomic E-state index is 13.1. The minimum atomic E-state index is -0.608. The summed E-state index contributed by atoms with van der Waals surface area (Å²) in [6, 6.07) is 12.4. The van der Waals surface area contributed by atoms with E-state index in [1.165, 1.54) is 6.26 Å². The van der Waals surface area contributed by atoms with Crippen LogP contribution in [-0.2, 0) is 11.2 Å². The summed E-state index contributed by atoms with van der Waals surface area (Å²) in [5, 5.41) is 2.85. The Kier molecular flexibility index (Phi) is 6.07. The fourth-order valence-electron chi connectivity index (χ4n) is 3.19. The molecule has 2 amide bonds. The minimum absolute atomic E-state index is 0.0375. The number of piperazine rings is 1. The van der Waals surface area contributed by atoms with Crippen molar-refractivity contribution < 1.29 is 14.0 Å². The van der Waals surface area contributed by atoms with Crippen molar-refractivity contribution in [3.05, 3.63) is 60.1 Å². The molecule has 1 saturated heterocycles. The van der Waals surface area contributed by atoms with Gasteiger partial charge in [-0.05, 0) is 24.2 Å². The number of hydrogen-bond donors (Lipinski definition) is 1. The largest absolute Gasteiger partial charge is 0.459 e. The third kappa shape index (κ3) is 4.52. The normalized spacial score (nSPS) is 16.3. The van der Waals surface area contributed by atoms with Gasteiger partial charge in [0.2, 0.25) is 5.91 Å². The Hall–Kier alpha value is -2.60. The molecule has 0 bridgehead atoms. The van der Waals surface area contributed by atoms with Crippen LogP contribution in [0.5, 0.6) is 0 Å². The molecule has 26 heavy (non-hydrogen) atoms. The van der Waals surface area contributed by atoms with E-state index >= 15 is 0 Å². The molecule has 2 aromatic rings. The predicted molar refractivity (Wildman–Crippen MR) is 98.8 cm³/mol. The first-order valence-electron chi connectivity index (χ1n) is 9.07. The molecule has 0 radical (unpaired) electrons. The Morgan fingerprint density at radius 3 is 2.42 bits per heavy atom. The molecule has 0 saturated carbocycles. The molecular formula is C20H25N3O3. The Labute approximate surface area is 153 Å². The van der Waals surface area contributed by atoms with E-state index in [0.717, 1.165) is 25.2 Å². The van der Waals surface area contributed by atoms with Gasteiger partial charge in [0.05, 0.1) is 6.26 Å². The van der Waals surface area contributed by atoms with E-state index in [2.05, 4.69) is 17.1 Å². The van der Waals surface area contributed by atoms with Gasteiger partial charge < -0.3 is 19.5 Å². The van der Waals surface area contributed by atoms with Gasteiger partial charge in [-0.25, -0.2) is 0 Å². The van der Waals surface area contributed by atoms with Crippen molar-refractivity contribution in [2.75, 3.05) is 32.7 Å². The number of nitrogens with one attached hydrogen (secondary N) is 1. The minimum Gasteiger partial charge on any atom is -0.459 e. The van der Waals surface area contributed by atoms with Gasteiger partial charge in [-0.1, -0.05) is 37.3 Å². The monoisotopic (exact) mass is 355 g/mol. The maximum absolute atomic E-state index is 13.1. The fourth-order valence-corrected chi connectivity index (χ4v) is 3.19. The number of likely N-dealkylation sites (N-methyl/N-ethyl adjacent to an activating group) is 1. The van der Waals surface area contributed by atoms with Gasteiger partial charge in [0.15, 0.2) is 5.76 Å². The van der Waals surface area contributed by atoms with E-state index in [0.29, 0.717) is 19.5 Å². The molecule has 1 atom stereocenters. The average Bonchev–Trinajstić information content (AvgIpc) is 3.23. The van der Waals surface area contributed by atoms with Crippen LogP contribution in [-0.4, -0.2) is 60.4 Å². The van der Waals surface area contributed by atoms with Gasteiger partial charge >= 0.3 is 0 Å². The Morgan fingerprint density at radius 2 is 1.81 bits per heavy atom. The van der Waals surface area contributed by atoms with E-state index in [1.807, 2.05) is 35.2 Å². The van der Waals surface area contributed by atoms with Crippen molar-refractivity contribution in [3.8, 4) is 0 Å². The Bertz CT molecular complexity index is 707. The van der Waals surface area contributed by atoms with Gasteiger partial charge in [0.25, 0.3) is 5.91 Å². The molecule has 6 heteroatoms. The second-order valence-corrected chi connectivity index (χ2v) is 6.45. The van der Waals surface area contributed by atoms with Gasteiger partial charge in [0.1, 0.15) is 6.04 Å². The van der Waals surface area contributed by atoms with Crippen LogP contribution in [0.3, 0.4) is 0 Å². The lowest BCUT2D eigenvalue weighted by atomic mass is 10.0. The van der Waals surface area contributed by atoms with Crippen molar-refractivity contribution in [3.63, 3.8) is 0 Å². The highest BCUT2D eigenvalue weighted by molar-refractivity contribution is 5.95. The SMILES string of the molecule is CCN1CCN(C(=O)[C@H](Cc2ccccc2)NC(=O)c2ccco2)CC1. The highest BCUT2D eigenvalue weighted by Gasteiger charge is 2.29. The fraction of sp³-hybridized carbons (Fsp3) is 0.400. The highest BCUT2D eigenvalue weighted by atomic mass is 16.3. The first-order chi connectivity index (χ1) is 12.7. The topological polar surface area (TPSA) is 65.8 Å². The van der Waals surface area contributed by atoms with Crippen LogP contribution in [0.1, 0.15) is 23.0 Å². The van der Waals surface area contributed by atoms with E-state index in [4.69, 9.17) is 4.42 Å². The van der Waals surface area contributed by atoms with Crippen LogP contribution in [0, 0.1) is 0 Å². The zero-order valence-electron chi connectivity index (χ0n) is 15.1. The molecule has 0 aliphatic carbocycles. The standard InChI is InChI=1S/C20H25N3O3/c1-2-22-10-12-23(13-11-22)20(25)17(15-16-7-4-3-5-8-16)21-19(24)18-9-6-14-26-18/h3-9,14,17H,2,10-13,15H2,1H3,(H,21,24)/t17-/m0/s1. The summed E-state index contributed by atoms with van der Waals surface area (Å²) in [7, 11) is 0. The molecule has 3 rings (SSSR count). The zero-order valence-corrected chi connectivity index (χ0v) is 15.1. The number of benzene rings is 1. The molecule has 0 unspecified atom stereocenters. The number of amides is 2.